The molecule has 1 atom stereocenters. The second-order valence-corrected chi connectivity index (χ2v) is 8.01. The summed E-state index contributed by atoms with van der Waals surface area (Å²) in [7, 11) is 3.80. The van der Waals surface area contributed by atoms with Crippen LogP contribution in [0.15, 0.2) is 54.7 Å². The van der Waals surface area contributed by atoms with Crippen LogP contribution in [0.25, 0.3) is 0 Å². The van der Waals surface area contributed by atoms with E-state index in [2.05, 4.69) is 21.5 Å². The predicted octanol–water partition coefficient (Wildman–Crippen LogP) is 2.78. The Hall–Kier alpha value is -2.99. The van der Waals surface area contributed by atoms with Crippen LogP contribution < -0.4 is 5.32 Å². The lowest BCUT2D eigenvalue weighted by atomic mass is 9.91. The van der Waals surface area contributed by atoms with Crippen LogP contribution in [0.1, 0.15) is 39.4 Å². The van der Waals surface area contributed by atoms with Crippen molar-refractivity contribution in [1.82, 2.24) is 25.0 Å². The van der Waals surface area contributed by atoms with Crippen LogP contribution in [0.2, 0.25) is 0 Å². The minimum absolute atomic E-state index is 0.00941. The molecule has 2 aromatic heterocycles. The summed E-state index contributed by atoms with van der Waals surface area (Å²) in [6, 6.07) is 16.4. The number of pyridine rings is 1. The molecule has 1 aromatic carbocycles. The molecular formula is C24H29N5O. The third-order valence-corrected chi connectivity index (χ3v) is 5.81. The van der Waals surface area contributed by atoms with Gasteiger partial charge in [-0.05, 0) is 37.0 Å². The van der Waals surface area contributed by atoms with Gasteiger partial charge >= 0.3 is 0 Å². The molecule has 0 spiro atoms. The summed E-state index contributed by atoms with van der Waals surface area (Å²) in [6.07, 6.45) is 5.58. The normalized spacial score (nSPS) is 15.6. The Morgan fingerprint density at radius 1 is 1.20 bits per heavy atom. The number of aryl methyl sites for hydroxylation is 1. The summed E-state index contributed by atoms with van der Waals surface area (Å²) >= 11 is 0. The molecular weight excluding hydrogens is 374 g/mol. The topological polar surface area (TPSA) is 63.1 Å². The Morgan fingerprint density at radius 3 is 2.77 bits per heavy atom. The Balaban J connectivity index is 1.41. The molecule has 156 valence electrons. The van der Waals surface area contributed by atoms with Gasteiger partial charge in [0.15, 0.2) is 5.69 Å². The molecule has 1 N–H and O–H groups in total. The van der Waals surface area contributed by atoms with Crippen LogP contribution in [-0.2, 0) is 32.9 Å². The molecule has 0 aliphatic heterocycles. The van der Waals surface area contributed by atoms with Crippen molar-refractivity contribution >= 4 is 5.91 Å². The van der Waals surface area contributed by atoms with Crippen molar-refractivity contribution in [3.63, 3.8) is 0 Å². The van der Waals surface area contributed by atoms with E-state index in [0.717, 1.165) is 49.0 Å². The molecule has 0 fully saturated rings. The maximum absolute atomic E-state index is 13.2. The van der Waals surface area contributed by atoms with Crippen molar-refractivity contribution < 1.29 is 4.79 Å². The quantitative estimate of drug-likeness (QED) is 0.659. The Kier molecular flexibility index (Phi) is 6.23. The number of rotatable bonds is 7. The van der Waals surface area contributed by atoms with Gasteiger partial charge in [-0.25, -0.2) is 0 Å². The van der Waals surface area contributed by atoms with E-state index in [9.17, 15) is 4.79 Å². The van der Waals surface area contributed by atoms with Gasteiger partial charge in [-0.3, -0.25) is 14.5 Å². The van der Waals surface area contributed by atoms with Gasteiger partial charge < -0.3 is 10.2 Å². The fraction of sp³-hybridized carbons (Fsp3) is 0.375. The average Bonchev–Trinajstić information content (AvgIpc) is 3.10. The molecule has 6 nitrogen and oxygen atoms in total. The van der Waals surface area contributed by atoms with Gasteiger partial charge in [0.2, 0.25) is 0 Å². The molecule has 0 saturated heterocycles. The number of amides is 1. The Morgan fingerprint density at radius 2 is 2.00 bits per heavy atom. The third-order valence-electron chi connectivity index (χ3n) is 5.81. The summed E-state index contributed by atoms with van der Waals surface area (Å²) in [6.45, 7) is 1.46. The minimum atomic E-state index is -0.00941. The molecule has 30 heavy (non-hydrogen) atoms. The first-order valence-electron chi connectivity index (χ1n) is 10.6. The van der Waals surface area contributed by atoms with Gasteiger partial charge in [-0.1, -0.05) is 36.4 Å². The van der Waals surface area contributed by atoms with Gasteiger partial charge in [0, 0.05) is 62.8 Å². The molecule has 6 heteroatoms. The molecule has 3 aromatic rings. The maximum Gasteiger partial charge on any atom is 0.274 e. The number of aromatic nitrogens is 3. The van der Waals surface area contributed by atoms with E-state index >= 15 is 0 Å². The largest absolute Gasteiger partial charge is 0.336 e. The van der Waals surface area contributed by atoms with E-state index in [4.69, 9.17) is 0 Å². The number of nitrogens with zero attached hydrogens (tertiary/aromatic N) is 4. The standard InChI is InChI=1S/C24H29N5O/c1-28(17-18-8-4-3-5-9-18)24(30)23-21-16-20(11-12-22(21)29(2)27-23)26-15-13-19-10-6-7-14-25-19/h3-10,14,20,26H,11-13,15-17H2,1-2H3/t20-/m0/s1. The van der Waals surface area contributed by atoms with Gasteiger partial charge in [0.1, 0.15) is 0 Å². The zero-order valence-corrected chi connectivity index (χ0v) is 17.7. The fourth-order valence-electron chi connectivity index (χ4n) is 4.20. The summed E-state index contributed by atoms with van der Waals surface area (Å²) in [5, 5.41) is 8.26. The Bertz CT molecular complexity index is 984. The molecule has 0 saturated carbocycles. The van der Waals surface area contributed by atoms with E-state index in [1.807, 2.05) is 67.4 Å². The van der Waals surface area contributed by atoms with E-state index in [-0.39, 0.29) is 5.91 Å². The van der Waals surface area contributed by atoms with Gasteiger partial charge in [0.05, 0.1) is 0 Å². The van der Waals surface area contributed by atoms with Crippen molar-refractivity contribution in [3.05, 3.63) is 82.9 Å². The number of benzene rings is 1. The minimum Gasteiger partial charge on any atom is -0.336 e. The average molecular weight is 404 g/mol. The van der Waals surface area contributed by atoms with Crippen molar-refractivity contribution in [2.24, 2.45) is 7.05 Å². The SMILES string of the molecule is CN(Cc1ccccc1)C(=O)c1nn(C)c2c1C[C@@H](NCCc1ccccn1)CC2. The summed E-state index contributed by atoms with van der Waals surface area (Å²) < 4.78 is 1.89. The lowest BCUT2D eigenvalue weighted by Crippen LogP contribution is -2.37. The molecule has 0 bridgehead atoms. The van der Waals surface area contributed by atoms with Gasteiger partial charge in [-0.2, -0.15) is 5.10 Å². The first-order valence-corrected chi connectivity index (χ1v) is 10.6. The lowest BCUT2D eigenvalue weighted by molar-refractivity contribution is 0.0777. The van der Waals surface area contributed by atoms with Crippen LogP contribution in [0.5, 0.6) is 0 Å². The van der Waals surface area contributed by atoms with Gasteiger partial charge in [-0.15, -0.1) is 0 Å². The number of hydrogen-bond acceptors (Lipinski definition) is 4. The number of fused-ring (bicyclic) bond motifs is 1. The highest BCUT2D eigenvalue weighted by Gasteiger charge is 2.29. The van der Waals surface area contributed by atoms with Crippen molar-refractivity contribution in [3.8, 4) is 0 Å². The number of nitrogens with one attached hydrogen (secondary N) is 1. The van der Waals surface area contributed by atoms with Crippen molar-refractivity contribution in [2.75, 3.05) is 13.6 Å². The van der Waals surface area contributed by atoms with Crippen LogP contribution in [-0.4, -0.2) is 45.2 Å². The highest BCUT2D eigenvalue weighted by Crippen LogP contribution is 2.25. The van der Waals surface area contributed by atoms with Crippen molar-refractivity contribution in [1.29, 1.82) is 0 Å². The van der Waals surface area contributed by atoms with Crippen LogP contribution in [0, 0.1) is 0 Å². The smallest absolute Gasteiger partial charge is 0.274 e. The maximum atomic E-state index is 13.2. The van der Waals surface area contributed by atoms with Crippen LogP contribution in [0.3, 0.4) is 0 Å². The molecule has 1 aliphatic rings. The van der Waals surface area contributed by atoms with E-state index < -0.39 is 0 Å². The highest BCUT2D eigenvalue weighted by atomic mass is 16.2. The second-order valence-electron chi connectivity index (χ2n) is 8.01. The lowest BCUT2D eigenvalue weighted by Gasteiger charge is -2.25. The Labute approximate surface area is 177 Å². The summed E-state index contributed by atoms with van der Waals surface area (Å²) in [5.41, 5.74) is 5.11. The summed E-state index contributed by atoms with van der Waals surface area (Å²) in [5.74, 6) is -0.00941. The highest BCUT2D eigenvalue weighted by molar-refractivity contribution is 5.94. The molecule has 1 aliphatic carbocycles. The van der Waals surface area contributed by atoms with Crippen molar-refractivity contribution in [2.45, 2.75) is 38.3 Å². The first-order chi connectivity index (χ1) is 14.6. The first kappa shape index (κ1) is 20.3. The fourth-order valence-corrected chi connectivity index (χ4v) is 4.20. The predicted molar refractivity (Wildman–Crippen MR) is 117 cm³/mol. The molecule has 0 unspecified atom stereocenters. The molecule has 0 radical (unpaired) electrons. The van der Waals surface area contributed by atoms with E-state index in [0.29, 0.717) is 18.3 Å². The van der Waals surface area contributed by atoms with E-state index in [1.165, 1.54) is 5.69 Å². The van der Waals surface area contributed by atoms with Crippen LogP contribution >= 0.6 is 0 Å². The molecule has 4 rings (SSSR count). The second kappa shape index (κ2) is 9.22. The summed E-state index contributed by atoms with van der Waals surface area (Å²) in [4.78, 5) is 19.3. The molecule has 2 heterocycles. The van der Waals surface area contributed by atoms with Gasteiger partial charge in [0.25, 0.3) is 5.91 Å². The number of carbonyl (C=O) groups is 1. The van der Waals surface area contributed by atoms with E-state index in [1.54, 1.807) is 4.90 Å². The zero-order valence-electron chi connectivity index (χ0n) is 17.7. The monoisotopic (exact) mass is 403 g/mol. The zero-order chi connectivity index (χ0) is 20.9. The third kappa shape index (κ3) is 4.60. The van der Waals surface area contributed by atoms with Crippen LogP contribution in [0.4, 0.5) is 0 Å². The number of hydrogen-bond donors (Lipinski definition) is 1. The number of carbonyl (C=O) groups excluding carboxylic acids is 1. The molecule has 1 amide bonds.